The number of rotatable bonds is 2. The molecule has 2 rings (SSSR count). The normalized spacial score (nSPS) is 44.8. The van der Waals surface area contributed by atoms with Crippen LogP contribution in [0.5, 0.6) is 0 Å². The summed E-state index contributed by atoms with van der Waals surface area (Å²) in [5, 5.41) is 0. The summed E-state index contributed by atoms with van der Waals surface area (Å²) in [6, 6.07) is 0. The van der Waals surface area contributed by atoms with E-state index >= 15 is 0 Å². The fourth-order valence-electron chi connectivity index (χ4n) is 3.90. The lowest BCUT2D eigenvalue weighted by Crippen LogP contribution is -2.28. The SMILES string of the molecule is CCC1CC2CCCC2CC1CC. The average molecular weight is 180 g/mol. The van der Waals surface area contributed by atoms with Crippen LogP contribution >= 0.6 is 0 Å². The van der Waals surface area contributed by atoms with Crippen LogP contribution in [0, 0.1) is 23.7 Å². The molecule has 0 radical (unpaired) electrons. The first kappa shape index (κ1) is 9.55. The van der Waals surface area contributed by atoms with Gasteiger partial charge in [-0.1, -0.05) is 46.0 Å². The second-order valence-corrected chi connectivity index (χ2v) is 5.26. The van der Waals surface area contributed by atoms with Gasteiger partial charge in [0.05, 0.1) is 0 Å². The summed E-state index contributed by atoms with van der Waals surface area (Å²) < 4.78 is 0. The van der Waals surface area contributed by atoms with E-state index in [2.05, 4.69) is 13.8 Å². The van der Waals surface area contributed by atoms with E-state index in [0.29, 0.717) is 0 Å². The summed E-state index contributed by atoms with van der Waals surface area (Å²) in [4.78, 5) is 0. The molecule has 0 nitrogen and oxygen atoms in total. The highest BCUT2D eigenvalue weighted by Crippen LogP contribution is 2.48. The molecular formula is C13H24. The summed E-state index contributed by atoms with van der Waals surface area (Å²) >= 11 is 0. The maximum atomic E-state index is 2.39. The van der Waals surface area contributed by atoms with Gasteiger partial charge in [-0.3, -0.25) is 0 Å². The second kappa shape index (κ2) is 4.02. The van der Waals surface area contributed by atoms with Crippen molar-refractivity contribution in [2.45, 2.75) is 58.8 Å². The fraction of sp³-hybridized carbons (Fsp3) is 1.00. The molecular weight excluding hydrogens is 156 g/mol. The van der Waals surface area contributed by atoms with Crippen molar-refractivity contribution in [2.24, 2.45) is 23.7 Å². The largest absolute Gasteiger partial charge is 0.0651 e. The van der Waals surface area contributed by atoms with E-state index in [1.54, 1.807) is 25.7 Å². The number of fused-ring (bicyclic) bond motifs is 1. The molecule has 4 atom stereocenters. The van der Waals surface area contributed by atoms with Crippen LogP contribution in [0.2, 0.25) is 0 Å². The van der Waals surface area contributed by atoms with E-state index in [1.807, 2.05) is 0 Å². The van der Waals surface area contributed by atoms with Gasteiger partial charge in [0.15, 0.2) is 0 Å². The Labute approximate surface area is 83.1 Å². The van der Waals surface area contributed by atoms with Crippen molar-refractivity contribution in [1.29, 1.82) is 0 Å². The zero-order valence-electron chi connectivity index (χ0n) is 9.26. The third kappa shape index (κ3) is 1.78. The minimum Gasteiger partial charge on any atom is -0.0651 e. The van der Waals surface area contributed by atoms with Gasteiger partial charge in [-0.25, -0.2) is 0 Å². The Hall–Kier alpha value is 0. The first-order valence-corrected chi connectivity index (χ1v) is 6.35. The summed E-state index contributed by atoms with van der Waals surface area (Å²) in [6.45, 7) is 4.78. The second-order valence-electron chi connectivity index (χ2n) is 5.26. The molecule has 0 aliphatic heterocycles. The molecule has 4 unspecified atom stereocenters. The minimum absolute atomic E-state index is 1.07. The fourth-order valence-corrected chi connectivity index (χ4v) is 3.90. The minimum atomic E-state index is 1.07. The lowest BCUT2D eigenvalue weighted by atomic mass is 9.68. The van der Waals surface area contributed by atoms with E-state index in [1.165, 1.54) is 19.3 Å². The molecule has 2 aliphatic rings. The Morgan fingerprint density at radius 3 is 1.69 bits per heavy atom. The molecule has 2 aliphatic carbocycles. The predicted molar refractivity (Wildman–Crippen MR) is 57.6 cm³/mol. The summed E-state index contributed by atoms with van der Waals surface area (Å²) in [6.07, 6.45) is 10.6. The lowest BCUT2D eigenvalue weighted by molar-refractivity contribution is 0.126. The number of hydrogen-bond acceptors (Lipinski definition) is 0. The highest BCUT2D eigenvalue weighted by molar-refractivity contribution is 4.88. The van der Waals surface area contributed by atoms with Crippen LogP contribution < -0.4 is 0 Å². The Kier molecular flexibility index (Phi) is 2.96. The van der Waals surface area contributed by atoms with Crippen molar-refractivity contribution in [1.82, 2.24) is 0 Å². The topological polar surface area (TPSA) is 0 Å². The van der Waals surface area contributed by atoms with Crippen molar-refractivity contribution in [3.05, 3.63) is 0 Å². The molecule has 76 valence electrons. The van der Waals surface area contributed by atoms with Crippen LogP contribution in [0.3, 0.4) is 0 Å². The monoisotopic (exact) mass is 180 g/mol. The molecule has 13 heavy (non-hydrogen) atoms. The molecule has 0 aromatic heterocycles. The molecule has 0 bridgehead atoms. The molecule has 0 heterocycles. The van der Waals surface area contributed by atoms with Crippen molar-refractivity contribution < 1.29 is 0 Å². The molecule has 0 aromatic carbocycles. The zero-order chi connectivity index (χ0) is 9.26. The first-order valence-electron chi connectivity index (χ1n) is 6.35. The molecule has 2 saturated carbocycles. The summed E-state index contributed by atoms with van der Waals surface area (Å²) in [5.74, 6) is 4.41. The smallest absolute Gasteiger partial charge is 0.0383 e. The molecule has 2 fully saturated rings. The predicted octanol–water partition coefficient (Wildman–Crippen LogP) is 4.25. The molecule has 0 amide bonds. The van der Waals surface area contributed by atoms with Crippen LogP contribution in [-0.4, -0.2) is 0 Å². The van der Waals surface area contributed by atoms with Gasteiger partial charge in [0.2, 0.25) is 0 Å². The van der Waals surface area contributed by atoms with Gasteiger partial charge in [0.25, 0.3) is 0 Å². The maximum absolute atomic E-state index is 2.39. The van der Waals surface area contributed by atoms with Gasteiger partial charge < -0.3 is 0 Å². The Bertz CT molecular complexity index is 143. The molecule has 0 heteroatoms. The van der Waals surface area contributed by atoms with E-state index in [4.69, 9.17) is 0 Å². The van der Waals surface area contributed by atoms with Crippen molar-refractivity contribution in [3.63, 3.8) is 0 Å². The Balaban J connectivity index is 1.99. The van der Waals surface area contributed by atoms with Gasteiger partial charge >= 0.3 is 0 Å². The lowest BCUT2D eigenvalue weighted by Gasteiger charge is -2.38. The van der Waals surface area contributed by atoms with Crippen LogP contribution in [0.15, 0.2) is 0 Å². The maximum Gasteiger partial charge on any atom is -0.0383 e. The van der Waals surface area contributed by atoms with Gasteiger partial charge in [0.1, 0.15) is 0 Å². The number of hydrogen-bond donors (Lipinski definition) is 0. The third-order valence-corrected chi connectivity index (χ3v) is 4.74. The van der Waals surface area contributed by atoms with Crippen LogP contribution in [0.25, 0.3) is 0 Å². The van der Waals surface area contributed by atoms with E-state index in [-0.39, 0.29) is 0 Å². The van der Waals surface area contributed by atoms with Gasteiger partial charge in [0, 0.05) is 0 Å². The van der Waals surface area contributed by atoms with Crippen LogP contribution in [0.4, 0.5) is 0 Å². The standard InChI is InChI=1S/C13H24/c1-3-10-8-12-6-5-7-13(12)9-11(10)4-2/h10-13H,3-9H2,1-2H3. The van der Waals surface area contributed by atoms with E-state index < -0.39 is 0 Å². The molecule has 0 spiro atoms. The van der Waals surface area contributed by atoms with Gasteiger partial charge in [-0.05, 0) is 36.5 Å². The zero-order valence-corrected chi connectivity index (χ0v) is 9.26. The van der Waals surface area contributed by atoms with Gasteiger partial charge in [-0.15, -0.1) is 0 Å². The Morgan fingerprint density at radius 2 is 1.31 bits per heavy atom. The first-order chi connectivity index (χ1) is 6.35. The van der Waals surface area contributed by atoms with Crippen LogP contribution in [-0.2, 0) is 0 Å². The molecule has 0 aromatic rings. The quantitative estimate of drug-likeness (QED) is 0.596. The summed E-state index contributed by atoms with van der Waals surface area (Å²) in [5.41, 5.74) is 0. The van der Waals surface area contributed by atoms with Crippen molar-refractivity contribution in [3.8, 4) is 0 Å². The highest BCUT2D eigenvalue weighted by atomic mass is 14.4. The summed E-state index contributed by atoms with van der Waals surface area (Å²) in [7, 11) is 0. The molecule has 0 saturated heterocycles. The van der Waals surface area contributed by atoms with Crippen LogP contribution in [0.1, 0.15) is 58.8 Å². The van der Waals surface area contributed by atoms with Crippen molar-refractivity contribution in [2.75, 3.05) is 0 Å². The van der Waals surface area contributed by atoms with Gasteiger partial charge in [-0.2, -0.15) is 0 Å². The van der Waals surface area contributed by atoms with E-state index in [9.17, 15) is 0 Å². The highest BCUT2D eigenvalue weighted by Gasteiger charge is 2.37. The van der Waals surface area contributed by atoms with E-state index in [0.717, 1.165) is 23.7 Å². The molecule has 0 N–H and O–H groups in total. The average Bonchev–Trinajstić information content (AvgIpc) is 2.62. The Morgan fingerprint density at radius 1 is 0.846 bits per heavy atom. The third-order valence-electron chi connectivity index (χ3n) is 4.74. The van der Waals surface area contributed by atoms with Crippen molar-refractivity contribution >= 4 is 0 Å².